The van der Waals surface area contributed by atoms with Gasteiger partial charge in [-0.1, -0.05) is 12.1 Å². The molecule has 1 atom stereocenters. The average Bonchev–Trinajstić information content (AvgIpc) is 2.99. The van der Waals surface area contributed by atoms with Gasteiger partial charge in [-0.2, -0.15) is 0 Å². The maximum Gasteiger partial charge on any atom is 0.119 e. The lowest BCUT2D eigenvalue weighted by Crippen LogP contribution is -2.08. The maximum absolute atomic E-state index is 5.81. The van der Waals surface area contributed by atoms with E-state index in [1.807, 2.05) is 0 Å². The van der Waals surface area contributed by atoms with Gasteiger partial charge in [0.15, 0.2) is 0 Å². The van der Waals surface area contributed by atoms with E-state index in [4.69, 9.17) is 4.74 Å². The van der Waals surface area contributed by atoms with Crippen molar-refractivity contribution in [3.8, 4) is 5.75 Å². The Morgan fingerprint density at radius 1 is 1.25 bits per heavy atom. The number of nitrogens with one attached hydrogen (secondary N) is 1. The molecule has 1 unspecified atom stereocenters. The van der Waals surface area contributed by atoms with Crippen LogP contribution in [0.25, 0.3) is 0 Å². The molecule has 2 aliphatic rings. The van der Waals surface area contributed by atoms with E-state index in [9.17, 15) is 0 Å². The smallest absolute Gasteiger partial charge is 0.119 e. The van der Waals surface area contributed by atoms with Crippen LogP contribution in [0.15, 0.2) is 24.3 Å². The molecule has 1 saturated heterocycles. The third kappa shape index (κ3) is 2.38. The Hall–Kier alpha value is -1.02. The number of benzene rings is 1. The summed E-state index contributed by atoms with van der Waals surface area (Å²) in [6, 6.07) is 8.64. The molecule has 1 N–H and O–H groups in total. The normalized spacial score (nSPS) is 24.6. The highest BCUT2D eigenvalue weighted by Crippen LogP contribution is 2.30. The molecule has 1 aromatic rings. The predicted molar refractivity (Wildman–Crippen MR) is 64.9 cm³/mol. The zero-order valence-corrected chi connectivity index (χ0v) is 9.61. The number of ether oxygens (including phenoxy) is 1. The Bertz CT molecular complexity index is 354. The highest BCUT2D eigenvalue weighted by Gasteiger charge is 2.22. The van der Waals surface area contributed by atoms with Crippen molar-refractivity contribution in [3.63, 3.8) is 0 Å². The molecule has 1 heterocycles. The van der Waals surface area contributed by atoms with E-state index < -0.39 is 0 Å². The fourth-order valence-corrected chi connectivity index (χ4v) is 2.30. The second-order valence-corrected chi connectivity index (χ2v) is 5.02. The standard InChI is InChI=1S/C14H19NO/c1-2-12(13-6-7-15-9-13)8-14(3-1)16-10-11-4-5-11/h1-3,8,11,13,15H,4-7,9-10H2. The molecule has 0 radical (unpaired) electrons. The van der Waals surface area contributed by atoms with Crippen molar-refractivity contribution in [3.05, 3.63) is 29.8 Å². The molecular formula is C14H19NO. The van der Waals surface area contributed by atoms with Crippen molar-refractivity contribution in [1.82, 2.24) is 5.32 Å². The van der Waals surface area contributed by atoms with Gasteiger partial charge in [-0.15, -0.1) is 0 Å². The molecule has 1 saturated carbocycles. The van der Waals surface area contributed by atoms with E-state index >= 15 is 0 Å². The van der Waals surface area contributed by atoms with Crippen LogP contribution in [0.5, 0.6) is 5.75 Å². The fraction of sp³-hybridized carbons (Fsp3) is 0.571. The van der Waals surface area contributed by atoms with Gasteiger partial charge in [0, 0.05) is 6.54 Å². The minimum absolute atomic E-state index is 0.685. The highest BCUT2D eigenvalue weighted by molar-refractivity contribution is 5.31. The minimum Gasteiger partial charge on any atom is -0.493 e. The molecule has 16 heavy (non-hydrogen) atoms. The van der Waals surface area contributed by atoms with Crippen molar-refractivity contribution in [2.45, 2.75) is 25.2 Å². The average molecular weight is 217 g/mol. The van der Waals surface area contributed by atoms with E-state index in [0.717, 1.165) is 31.4 Å². The first-order chi connectivity index (χ1) is 7.92. The summed E-state index contributed by atoms with van der Waals surface area (Å²) in [6.07, 6.45) is 3.96. The van der Waals surface area contributed by atoms with Gasteiger partial charge in [0.05, 0.1) is 6.61 Å². The monoisotopic (exact) mass is 217 g/mol. The SMILES string of the molecule is c1cc(OCC2CC2)cc(C2CCNC2)c1. The number of rotatable bonds is 4. The van der Waals surface area contributed by atoms with Crippen molar-refractivity contribution in [1.29, 1.82) is 0 Å². The topological polar surface area (TPSA) is 21.3 Å². The van der Waals surface area contributed by atoms with Crippen LogP contribution < -0.4 is 10.1 Å². The van der Waals surface area contributed by atoms with Crippen LogP contribution in [0, 0.1) is 5.92 Å². The zero-order valence-electron chi connectivity index (χ0n) is 9.61. The first-order valence-electron chi connectivity index (χ1n) is 6.35. The molecule has 0 bridgehead atoms. The molecule has 2 fully saturated rings. The van der Waals surface area contributed by atoms with Gasteiger partial charge >= 0.3 is 0 Å². The fourth-order valence-electron chi connectivity index (χ4n) is 2.30. The Morgan fingerprint density at radius 3 is 2.94 bits per heavy atom. The van der Waals surface area contributed by atoms with E-state index in [1.54, 1.807) is 0 Å². The lowest BCUT2D eigenvalue weighted by molar-refractivity contribution is 0.299. The highest BCUT2D eigenvalue weighted by atomic mass is 16.5. The summed E-state index contributed by atoms with van der Waals surface area (Å²) in [5, 5.41) is 3.41. The molecule has 3 rings (SSSR count). The Labute approximate surface area is 97.0 Å². The summed E-state index contributed by atoms with van der Waals surface area (Å²) in [5.74, 6) is 2.57. The summed E-state index contributed by atoms with van der Waals surface area (Å²) in [4.78, 5) is 0. The van der Waals surface area contributed by atoms with Crippen molar-refractivity contribution >= 4 is 0 Å². The molecule has 1 aliphatic heterocycles. The Morgan fingerprint density at radius 2 is 2.19 bits per heavy atom. The van der Waals surface area contributed by atoms with Crippen LogP contribution in [0.2, 0.25) is 0 Å². The van der Waals surface area contributed by atoms with Gasteiger partial charge in [0.2, 0.25) is 0 Å². The van der Waals surface area contributed by atoms with Gasteiger partial charge < -0.3 is 10.1 Å². The third-order valence-corrected chi connectivity index (χ3v) is 3.57. The van der Waals surface area contributed by atoms with E-state index in [1.165, 1.54) is 24.8 Å². The quantitative estimate of drug-likeness (QED) is 0.837. The van der Waals surface area contributed by atoms with Gasteiger partial charge in [0.1, 0.15) is 5.75 Å². The molecule has 0 spiro atoms. The van der Waals surface area contributed by atoms with Crippen LogP contribution in [-0.4, -0.2) is 19.7 Å². The summed E-state index contributed by atoms with van der Waals surface area (Å²) < 4.78 is 5.81. The van der Waals surface area contributed by atoms with Crippen LogP contribution in [0.4, 0.5) is 0 Å². The minimum atomic E-state index is 0.685. The Balaban J connectivity index is 1.65. The summed E-state index contributed by atoms with van der Waals surface area (Å²) >= 11 is 0. The summed E-state index contributed by atoms with van der Waals surface area (Å²) in [6.45, 7) is 3.18. The summed E-state index contributed by atoms with van der Waals surface area (Å²) in [5.41, 5.74) is 1.43. The van der Waals surface area contributed by atoms with Crippen LogP contribution >= 0.6 is 0 Å². The molecule has 86 valence electrons. The molecule has 1 aromatic carbocycles. The lowest BCUT2D eigenvalue weighted by Gasteiger charge is -2.11. The van der Waals surface area contributed by atoms with Crippen molar-refractivity contribution in [2.24, 2.45) is 5.92 Å². The van der Waals surface area contributed by atoms with Gasteiger partial charge in [-0.25, -0.2) is 0 Å². The van der Waals surface area contributed by atoms with Crippen molar-refractivity contribution in [2.75, 3.05) is 19.7 Å². The molecule has 0 aromatic heterocycles. The number of hydrogen-bond acceptors (Lipinski definition) is 2. The molecule has 2 heteroatoms. The van der Waals surface area contributed by atoms with Crippen LogP contribution in [-0.2, 0) is 0 Å². The summed E-state index contributed by atoms with van der Waals surface area (Å²) in [7, 11) is 0. The zero-order chi connectivity index (χ0) is 10.8. The second-order valence-electron chi connectivity index (χ2n) is 5.02. The predicted octanol–water partition coefficient (Wildman–Crippen LogP) is 2.55. The second kappa shape index (κ2) is 4.46. The lowest BCUT2D eigenvalue weighted by atomic mass is 9.98. The molecule has 2 nitrogen and oxygen atoms in total. The molecule has 0 amide bonds. The van der Waals surface area contributed by atoms with E-state index in [2.05, 4.69) is 29.6 Å². The van der Waals surface area contributed by atoms with E-state index in [0.29, 0.717) is 5.92 Å². The number of hydrogen-bond donors (Lipinski definition) is 1. The Kier molecular flexibility index (Phi) is 2.83. The largest absolute Gasteiger partial charge is 0.493 e. The van der Waals surface area contributed by atoms with Crippen molar-refractivity contribution < 1.29 is 4.74 Å². The first-order valence-corrected chi connectivity index (χ1v) is 6.35. The van der Waals surface area contributed by atoms with Gasteiger partial charge in [-0.05, 0) is 55.3 Å². The first kappa shape index (κ1) is 10.2. The van der Waals surface area contributed by atoms with E-state index in [-0.39, 0.29) is 0 Å². The third-order valence-electron chi connectivity index (χ3n) is 3.57. The maximum atomic E-state index is 5.81. The van der Waals surface area contributed by atoms with Crippen LogP contribution in [0.3, 0.4) is 0 Å². The molecular weight excluding hydrogens is 198 g/mol. The van der Waals surface area contributed by atoms with Gasteiger partial charge in [-0.3, -0.25) is 0 Å². The van der Waals surface area contributed by atoms with Gasteiger partial charge in [0.25, 0.3) is 0 Å². The van der Waals surface area contributed by atoms with Crippen LogP contribution in [0.1, 0.15) is 30.7 Å². The molecule has 1 aliphatic carbocycles.